The zero-order chi connectivity index (χ0) is 19.0. The molecule has 1 atom stereocenters. The Balaban J connectivity index is 2.55. The van der Waals surface area contributed by atoms with Gasteiger partial charge in [-0.15, -0.1) is 0 Å². The Hall–Kier alpha value is -2.41. The third-order valence-electron chi connectivity index (χ3n) is 3.18. The van der Waals surface area contributed by atoms with Gasteiger partial charge in [0.25, 0.3) is 17.7 Å². The molecule has 7 nitrogen and oxygen atoms in total. The highest BCUT2D eigenvalue weighted by molar-refractivity contribution is 5.97. The first-order valence-electron chi connectivity index (χ1n) is 8.41. The van der Waals surface area contributed by atoms with Gasteiger partial charge in [0, 0.05) is 23.3 Å². The fraction of sp³-hybridized carbons (Fsp3) is 0.500. The summed E-state index contributed by atoms with van der Waals surface area (Å²) < 4.78 is 0. The Kier molecular flexibility index (Phi) is 7.57. The molecular formula is C18H29N4O3+. The monoisotopic (exact) mass is 349 g/mol. The van der Waals surface area contributed by atoms with Crippen LogP contribution in [0.5, 0.6) is 0 Å². The van der Waals surface area contributed by atoms with Crippen LogP contribution in [0.3, 0.4) is 0 Å². The Morgan fingerprint density at radius 1 is 1.08 bits per heavy atom. The number of carbonyl (C=O) groups excluding carboxylic acids is 3. The van der Waals surface area contributed by atoms with Crippen molar-refractivity contribution in [1.29, 1.82) is 0 Å². The van der Waals surface area contributed by atoms with Crippen molar-refractivity contribution in [1.82, 2.24) is 10.6 Å². The Morgan fingerprint density at radius 2 is 1.72 bits per heavy atom. The summed E-state index contributed by atoms with van der Waals surface area (Å²) in [6.07, 6.45) is 0. The van der Waals surface area contributed by atoms with Gasteiger partial charge in [0.1, 0.15) is 0 Å². The zero-order valence-corrected chi connectivity index (χ0v) is 15.7. The standard InChI is InChI=1S/C18H28N4O3/c1-6-19-17(25)13-8-7-9-14(10-13)20-15(23)11-22(5)12-16(24)21-18(2,3)4/h7-10H,6,11-12H2,1-5H3,(H,19,25)(H,20,23)(H,21,24)/p+1. The molecule has 4 N–H and O–H groups in total. The van der Waals surface area contributed by atoms with Gasteiger partial charge in [-0.3, -0.25) is 14.4 Å². The van der Waals surface area contributed by atoms with Crippen molar-refractivity contribution >= 4 is 23.4 Å². The number of hydrogen-bond donors (Lipinski definition) is 4. The highest BCUT2D eigenvalue weighted by atomic mass is 16.2. The highest BCUT2D eigenvalue weighted by Gasteiger charge is 2.19. The molecule has 7 heteroatoms. The van der Waals surface area contributed by atoms with Crippen LogP contribution in [0.15, 0.2) is 24.3 Å². The summed E-state index contributed by atoms with van der Waals surface area (Å²) in [5, 5.41) is 8.34. The van der Waals surface area contributed by atoms with Crippen LogP contribution < -0.4 is 20.9 Å². The molecule has 1 aromatic carbocycles. The molecule has 0 radical (unpaired) electrons. The van der Waals surface area contributed by atoms with Gasteiger partial charge in [0.05, 0.1) is 7.05 Å². The van der Waals surface area contributed by atoms with Gasteiger partial charge in [0.2, 0.25) is 0 Å². The van der Waals surface area contributed by atoms with Crippen molar-refractivity contribution in [3.8, 4) is 0 Å². The number of quaternary nitrogens is 1. The molecule has 0 aliphatic rings. The van der Waals surface area contributed by atoms with E-state index in [1.54, 1.807) is 31.3 Å². The number of nitrogens with one attached hydrogen (secondary N) is 4. The lowest BCUT2D eigenvalue weighted by Crippen LogP contribution is -3.11. The smallest absolute Gasteiger partial charge is 0.279 e. The summed E-state index contributed by atoms with van der Waals surface area (Å²) in [5.74, 6) is -0.495. The maximum Gasteiger partial charge on any atom is 0.279 e. The summed E-state index contributed by atoms with van der Waals surface area (Å²) in [6.45, 7) is 8.49. The van der Waals surface area contributed by atoms with E-state index in [1.165, 1.54) is 0 Å². The number of rotatable bonds is 7. The van der Waals surface area contributed by atoms with Crippen molar-refractivity contribution < 1.29 is 19.3 Å². The van der Waals surface area contributed by atoms with E-state index in [9.17, 15) is 14.4 Å². The Morgan fingerprint density at radius 3 is 2.32 bits per heavy atom. The first-order chi connectivity index (χ1) is 11.6. The third-order valence-corrected chi connectivity index (χ3v) is 3.18. The lowest BCUT2D eigenvalue weighted by atomic mass is 10.1. The molecular weight excluding hydrogens is 320 g/mol. The molecule has 0 fully saturated rings. The lowest BCUT2D eigenvalue weighted by molar-refractivity contribution is -0.862. The topological polar surface area (TPSA) is 91.7 Å². The van der Waals surface area contributed by atoms with Gasteiger partial charge < -0.3 is 20.9 Å². The second-order valence-corrected chi connectivity index (χ2v) is 7.10. The molecule has 0 spiro atoms. The van der Waals surface area contributed by atoms with Gasteiger partial charge in [-0.2, -0.15) is 0 Å². The molecule has 3 amide bonds. The minimum absolute atomic E-state index is 0.101. The van der Waals surface area contributed by atoms with E-state index in [-0.39, 0.29) is 36.3 Å². The molecule has 138 valence electrons. The summed E-state index contributed by atoms with van der Waals surface area (Å²) in [6, 6.07) is 6.76. The zero-order valence-electron chi connectivity index (χ0n) is 15.7. The van der Waals surface area contributed by atoms with E-state index in [4.69, 9.17) is 0 Å². The molecule has 0 bridgehead atoms. The first kappa shape index (κ1) is 20.6. The summed E-state index contributed by atoms with van der Waals surface area (Å²) in [7, 11) is 1.78. The second-order valence-electron chi connectivity index (χ2n) is 7.10. The molecule has 1 unspecified atom stereocenters. The molecule has 1 aromatic rings. The van der Waals surface area contributed by atoms with E-state index in [0.717, 1.165) is 4.90 Å². The van der Waals surface area contributed by atoms with Crippen molar-refractivity contribution in [2.45, 2.75) is 33.2 Å². The second kappa shape index (κ2) is 9.17. The number of likely N-dealkylation sites (N-methyl/N-ethyl adjacent to an activating group) is 1. The van der Waals surface area contributed by atoms with E-state index in [2.05, 4.69) is 16.0 Å². The fourth-order valence-corrected chi connectivity index (χ4v) is 2.28. The van der Waals surface area contributed by atoms with Gasteiger partial charge in [-0.05, 0) is 45.9 Å². The summed E-state index contributed by atoms with van der Waals surface area (Å²) in [4.78, 5) is 36.6. The normalized spacial score (nSPS) is 12.2. The van der Waals surface area contributed by atoms with Crippen molar-refractivity contribution in [2.24, 2.45) is 0 Å². The molecule has 0 aliphatic heterocycles. The van der Waals surface area contributed by atoms with Gasteiger partial charge >= 0.3 is 0 Å². The predicted molar refractivity (Wildman–Crippen MR) is 97.6 cm³/mol. The van der Waals surface area contributed by atoms with Crippen molar-refractivity contribution in [3.05, 3.63) is 29.8 Å². The van der Waals surface area contributed by atoms with Crippen LogP contribution >= 0.6 is 0 Å². The van der Waals surface area contributed by atoms with Gasteiger partial charge in [-0.1, -0.05) is 6.07 Å². The molecule has 0 heterocycles. The SMILES string of the molecule is CCNC(=O)c1cccc(NC(=O)C[NH+](C)CC(=O)NC(C)(C)C)c1. The summed E-state index contributed by atoms with van der Waals surface area (Å²) >= 11 is 0. The average Bonchev–Trinajstić information content (AvgIpc) is 2.45. The fourth-order valence-electron chi connectivity index (χ4n) is 2.28. The number of anilines is 1. The molecule has 0 aromatic heterocycles. The lowest BCUT2D eigenvalue weighted by Gasteiger charge is -2.21. The minimum Gasteiger partial charge on any atom is -0.352 e. The van der Waals surface area contributed by atoms with Gasteiger partial charge in [-0.25, -0.2) is 0 Å². The number of carbonyl (C=O) groups is 3. The molecule has 0 saturated carbocycles. The van der Waals surface area contributed by atoms with Crippen LogP contribution in [0, 0.1) is 0 Å². The maximum atomic E-state index is 12.1. The highest BCUT2D eigenvalue weighted by Crippen LogP contribution is 2.10. The quantitative estimate of drug-likeness (QED) is 0.550. The number of hydrogen-bond acceptors (Lipinski definition) is 3. The van der Waals surface area contributed by atoms with E-state index in [0.29, 0.717) is 17.8 Å². The molecule has 0 saturated heterocycles. The predicted octanol–water partition coefficient (Wildman–Crippen LogP) is -0.196. The maximum absolute atomic E-state index is 12.1. The van der Waals surface area contributed by atoms with Crippen LogP contribution in [0.25, 0.3) is 0 Å². The van der Waals surface area contributed by atoms with E-state index < -0.39 is 0 Å². The first-order valence-corrected chi connectivity index (χ1v) is 8.41. The largest absolute Gasteiger partial charge is 0.352 e. The van der Waals surface area contributed by atoms with E-state index >= 15 is 0 Å². The Bertz CT molecular complexity index is 623. The van der Waals surface area contributed by atoms with Gasteiger partial charge in [0.15, 0.2) is 13.1 Å². The van der Waals surface area contributed by atoms with Crippen molar-refractivity contribution in [3.63, 3.8) is 0 Å². The summed E-state index contributed by atoms with van der Waals surface area (Å²) in [5.41, 5.74) is 0.754. The molecule has 25 heavy (non-hydrogen) atoms. The minimum atomic E-state index is -0.293. The van der Waals surface area contributed by atoms with Crippen LogP contribution in [-0.4, -0.2) is 49.9 Å². The van der Waals surface area contributed by atoms with Crippen LogP contribution in [-0.2, 0) is 9.59 Å². The van der Waals surface area contributed by atoms with Crippen LogP contribution in [0.2, 0.25) is 0 Å². The molecule has 1 rings (SSSR count). The number of benzene rings is 1. The third kappa shape index (κ3) is 8.30. The molecule has 0 aliphatic carbocycles. The van der Waals surface area contributed by atoms with Crippen LogP contribution in [0.4, 0.5) is 5.69 Å². The van der Waals surface area contributed by atoms with E-state index in [1.807, 2.05) is 27.7 Å². The van der Waals surface area contributed by atoms with Crippen LogP contribution in [0.1, 0.15) is 38.1 Å². The number of amides is 3. The Labute approximate surface area is 149 Å². The average molecular weight is 349 g/mol. The van der Waals surface area contributed by atoms with Crippen molar-refractivity contribution in [2.75, 3.05) is 32.0 Å².